The van der Waals surface area contributed by atoms with E-state index < -0.39 is 11.7 Å². The van der Waals surface area contributed by atoms with Crippen LogP contribution in [0.5, 0.6) is 5.75 Å². The van der Waals surface area contributed by atoms with E-state index >= 15 is 0 Å². The zero-order chi connectivity index (χ0) is 12.5. The van der Waals surface area contributed by atoms with Crippen molar-refractivity contribution in [3.8, 4) is 5.75 Å². The summed E-state index contributed by atoms with van der Waals surface area (Å²) >= 11 is 0. The number of rotatable bonds is 3. The second-order valence-electron chi connectivity index (χ2n) is 3.73. The average molecular weight is 243 g/mol. The Balaban J connectivity index is 2.37. The number of benzene rings is 1. The third-order valence-electron chi connectivity index (χ3n) is 2.22. The normalized spacial score (nSPS) is 15.2. The van der Waals surface area contributed by atoms with E-state index in [9.17, 15) is 18.0 Å². The molecule has 0 heterocycles. The molecule has 1 aromatic carbocycles. The summed E-state index contributed by atoms with van der Waals surface area (Å²) in [5, 5.41) is 0. The molecule has 90 valence electrons. The fourth-order valence-corrected chi connectivity index (χ4v) is 1.31. The van der Waals surface area contributed by atoms with E-state index in [0.29, 0.717) is 0 Å². The molecule has 2 rings (SSSR count). The van der Waals surface area contributed by atoms with Crippen LogP contribution in [0.3, 0.4) is 0 Å². The van der Waals surface area contributed by atoms with Crippen LogP contribution in [0.2, 0.25) is 0 Å². The van der Waals surface area contributed by atoms with Gasteiger partial charge in [-0.3, -0.25) is 0 Å². The Morgan fingerprint density at radius 1 is 1.29 bits per heavy atom. The Morgan fingerprint density at radius 3 is 2.53 bits per heavy atom. The number of alkyl halides is 3. The van der Waals surface area contributed by atoms with E-state index in [-0.39, 0.29) is 17.5 Å². The first kappa shape index (κ1) is 11.7. The fourth-order valence-electron chi connectivity index (χ4n) is 1.31. The van der Waals surface area contributed by atoms with Crippen LogP contribution in [0.4, 0.5) is 18.9 Å². The molecule has 0 N–H and O–H groups in total. The van der Waals surface area contributed by atoms with Gasteiger partial charge in [-0.15, -0.1) is 0 Å². The highest BCUT2D eigenvalue weighted by molar-refractivity contribution is 5.54. The third-order valence-corrected chi connectivity index (χ3v) is 2.22. The predicted octanol–water partition coefficient (Wildman–Crippen LogP) is 3.21. The van der Waals surface area contributed by atoms with Gasteiger partial charge in [-0.25, -0.2) is 4.79 Å². The monoisotopic (exact) mass is 243 g/mol. The van der Waals surface area contributed by atoms with Gasteiger partial charge in [0.05, 0.1) is 17.4 Å². The maximum atomic E-state index is 12.5. The molecular weight excluding hydrogens is 235 g/mol. The van der Waals surface area contributed by atoms with Crippen molar-refractivity contribution in [3.63, 3.8) is 0 Å². The van der Waals surface area contributed by atoms with Crippen LogP contribution in [0.1, 0.15) is 18.4 Å². The molecule has 1 aromatic rings. The number of aliphatic imine (C=N–C) groups is 1. The Bertz CT molecular complexity index is 474. The van der Waals surface area contributed by atoms with Crippen LogP contribution in [0.15, 0.2) is 23.2 Å². The minimum atomic E-state index is -4.49. The van der Waals surface area contributed by atoms with Gasteiger partial charge in [0.1, 0.15) is 5.75 Å². The molecule has 0 aromatic heterocycles. The zero-order valence-corrected chi connectivity index (χ0v) is 8.62. The maximum Gasteiger partial charge on any atom is 0.416 e. The van der Waals surface area contributed by atoms with Gasteiger partial charge >= 0.3 is 6.18 Å². The number of halogens is 3. The molecule has 0 amide bonds. The number of hydrogen-bond acceptors (Lipinski definition) is 3. The molecule has 0 bridgehead atoms. The van der Waals surface area contributed by atoms with Crippen LogP contribution in [-0.4, -0.2) is 12.2 Å². The summed E-state index contributed by atoms with van der Waals surface area (Å²) in [5.41, 5.74) is -0.991. The number of isocyanates is 1. The molecule has 1 fully saturated rings. The molecule has 0 spiro atoms. The fraction of sp³-hybridized carbons (Fsp3) is 0.364. The lowest BCUT2D eigenvalue weighted by atomic mass is 10.2. The van der Waals surface area contributed by atoms with Crippen LogP contribution in [-0.2, 0) is 11.0 Å². The van der Waals surface area contributed by atoms with Gasteiger partial charge in [0, 0.05) is 6.07 Å². The summed E-state index contributed by atoms with van der Waals surface area (Å²) in [6, 6.07) is 2.98. The number of ether oxygens (including phenoxy) is 1. The first-order valence-corrected chi connectivity index (χ1v) is 4.96. The number of carbonyl (C=O) groups excluding carboxylic acids is 1. The minimum absolute atomic E-state index is 0.0217. The quantitative estimate of drug-likeness (QED) is 0.604. The Labute approximate surface area is 94.9 Å². The van der Waals surface area contributed by atoms with Gasteiger partial charge in [0.25, 0.3) is 0 Å². The molecule has 0 radical (unpaired) electrons. The smallest absolute Gasteiger partial charge is 0.416 e. The molecule has 6 heteroatoms. The summed E-state index contributed by atoms with van der Waals surface area (Å²) in [6.45, 7) is 0. The van der Waals surface area contributed by atoms with Crippen molar-refractivity contribution < 1.29 is 22.7 Å². The van der Waals surface area contributed by atoms with Crippen LogP contribution >= 0.6 is 0 Å². The van der Waals surface area contributed by atoms with E-state index in [1.165, 1.54) is 12.1 Å². The van der Waals surface area contributed by atoms with Gasteiger partial charge in [0.15, 0.2) is 0 Å². The van der Waals surface area contributed by atoms with Gasteiger partial charge in [-0.1, -0.05) is 0 Å². The van der Waals surface area contributed by atoms with Crippen molar-refractivity contribution in [3.05, 3.63) is 23.8 Å². The second kappa shape index (κ2) is 4.22. The van der Waals surface area contributed by atoms with Gasteiger partial charge in [-0.2, -0.15) is 18.2 Å². The molecule has 0 saturated heterocycles. The molecule has 3 nitrogen and oxygen atoms in total. The summed E-state index contributed by atoms with van der Waals surface area (Å²) in [4.78, 5) is 13.3. The van der Waals surface area contributed by atoms with E-state index in [4.69, 9.17) is 4.74 Å². The SMILES string of the molecule is O=C=Nc1cc(OC2CC2)cc(C(F)(F)F)c1. The summed E-state index contributed by atoms with van der Waals surface area (Å²) < 4.78 is 42.9. The zero-order valence-electron chi connectivity index (χ0n) is 8.62. The van der Waals surface area contributed by atoms with Crippen molar-refractivity contribution in [2.24, 2.45) is 4.99 Å². The number of nitrogens with zero attached hydrogens (tertiary/aromatic N) is 1. The molecule has 17 heavy (non-hydrogen) atoms. The lowest BCUT2D eigenvalue weighted by Crippen LogP contribution is -2.05. The third kappa shape index (κ3) is 3.07. The van der Waals surface area contributed by atoms with E-state index in [1.807, 2.05) is 0 Å². The average Bonchev–Trinajstić information content (AvgIpc) is 3.00. The van der Waals surface area contributed by atoms with Crippen LogP contribution < -0.4 is 4.74 Å². The van der Waals surface area contributed by atoms with E-state index in [0.717, 1.165) is 25.0 Å². The van der Waals surface area contributed by atoms with Gasteiger partial charge in [-0.05, 0) is 25.0 Å². The summed E-state index contributed by atoms with van der Waals surface area (Å²) in [7, 11) is 0. The second-order valence-corrected chi connectivity index (χ2v) is 3.73. The van der Waals surface area contributed by atoms with E-state index in [1.54, 1.807) is 0 Å². The number of hydrogen-bond donors (Lipinski definition) is 0. The molecule has 0 unspecified atom stereocenters. The predicted molar refractivity (Wildman–Crippen MR) is 52.9 cm³/mol. The molecule has 0 aliphatic heterocycles. The Morgan fingerprint density at radius 2 is 2.00 bits per heavy atom. The molecule has 1 saturated carbocycles. The van der Waals surface area contributed by atoms with Gasteiger partial charge < -0.3 is 4.74 Å². The molecular formula is C11H8F3NO2. The first-order chi connectivity index (χ1) is 7.99. The van der Waals surface area contributed by atoms with Crippen molar-refractivity contribution in [2.75, 3.05) is 0 Å². The lowest BCUT2D eigenvalue weighted by Gasteiger charge is -2.10. The topological polar surface area (TPSA) is 38.7 Å². The molecule has 1 aliphatic carbocycles. The molecule has 1 aliphatic rings. The van der Waals surface area contributed by atoms with Crippen molar-refractivity contribution in [1.29, 1.82) is 0 Å². The molecule has 0 atom stereocenters. The summed E-state index contributed by atoms with van der Waals surface area (Å²) in [6.07, 6.45) is -1.63. The lowest BCUT2D eigenvalue weighted by molar-refractivity contribution is -0.137. The summed E-state index contributed by atoms with van der Waals surface area (Å²) in [5.74, 6) is 0.0799. The Kier molecular flexibility index (Phi) is 2.90. The largest absolute Gasteiger partial charge is 0.490 e. The van der Waals surface area contributed by atoms with Crippen molar-refractivity contribution >= 4 is 11.8 Å². The van der Waals surface area contributed by atoms with Crippen molar-refractivity contribution in [1.82, 2.24) is 0 Å². The van der Waals surface area contributed by atoms with Crippen LogP contribution in [0, 0.1) is 0 Å². The first-order valence-electron chi connectivity index (χ1n) is 4.96. The highest BCUT2D eigenvalue weighted by Crippen LogP contribution is 2.36. The van der Waals surface area contributed by atoms with Gasteiger partial charge in [0.2, 0.25) is 6.08 Å². The Hall–Kier alpha value is -1.81. The highest BCUT2D eigenvalue weighted by atomic mass is 19.4. The maximum absolute atomic E-state index is 12.5. The van der Waals surface area contributed by atoms with Crippen molar-refractivity contribution in [2.45, 2.75) is 25.1 Å². The minimum Gasteiger partial charge on any atom is -0.490 e. The van der Waals surface area contributed by atoms with Crippen LogP contribution in [0.25, 0.3) is 0 Å². The van der Waals surface area contributed by atoms with E-state index in [2.05, 4.69) is 4.99 Å². The standard InChI is InChI=1S/C11H8F3NO2/c12-11(13,14)7-3-8(15-6-16)5-10(4-7)17-9-1-2-9/h3-5,9H,1-2H2. The highest BCUT2D eigenvalue weighted by Gasteiger charge is 2.32.